The first kappa shape index (κ1) is 13.5. The normalized spacial score (nSPS) is 18.9. The van der Waals surface area contributed by atoms with Crippen molar-refractivity contribution >= 4 is 10.8 Å². The molecule has 2 aromatic carbocycles. The minimum atomic E-state index is 0.521. The van der Waals surface area contributed by atoms with Gasteiger partial charge in [-0.05, 0) is 60.5 Å². The lowest BCUT2D eigenvalue weighted by Gasteiger charge is -2.20. The predicted octanol–water partition coefficient (Wildman–Crippen LogP) is 4.67. The summed E-state index contributed by atoms with van der Waals surface area (Å²) in [7, 11) is 2.21. The highest BCUT2D eigenvalue weighted by molar-refractivity contribution is 5.87. The van der Waals surface area contributed by atoms with E-state index in [2.05, 4.69) is 65.5 Å². The molecule has 1 unspecified atom stereocenters. The Labute approximate surface area is 131 Å². The van der Waals surface area contributed by atoms with Crippen LogP contribution in [0.3, 0.4) is 0 Å². The van der Waals surface area contributed by atoms with Gasteiger partial charge in [0.1, 0.15) is 0 Å². The number of benzene rings is 2. The van der Waals surface area contributed by atoms with Crippen LogP contribution in [0.5, 0.6) is 0 Å². The molecule has 110 valence electrons. The molecule has 0 spiro atoms. The van der Waals surface area contributed by atoms with Crippen molar-refractivity contribution in [2.45, 2.75) is 18.9 Å². The van der Waals surface area contributed by atoms with Gasteiger partial charge in [0, 0.05) is 24.0 Å². The van der Waals surface area contributed by atoms with Crippen molar-refractivity contribution in [1.29, 1.82) is 0 Å². The van der Waals surface area contributed by atoms with Crippen LogP contribution in [-0.2, 0) is 0 Å². The first-order chi connectivity index (χ1) is 10.8. The van der Waals surface area contributed by atoms with Crippen molar-refractivity contribution in [2.24, 2.45) is 0 Å². The summed E-state index contributed by atoms with van der Waals surface area (Å²) in [5.41, 5.74) is 3.79. The molecule has 3 aromatic rings. The number of likely N-dealkylation sites (tertiary alicyclic amines) is 1. The third kappa shape index (κ3) is 2.40. The summed E-state index contributed by atoms with van der Waals surface area (Å²) < 4.78 is 0. The van der Waals surface area contributed by atoms with Crippen LogP contribution in [0.1, 0.15) is 24.4 Å². The van der Waals surface area contributed by atoms with E-state index in [1.165, 1.54) is 46.8 Å². The van der Waals surface area contributed by atoms with E-state index in [1.807, 2.05) is 12.4 Å². The van der Waals surface area contributed by atoms with E-state index in [0.29, 0.717) is 6.04 Å². The molecular weight excluding hydrogens is 268 g/mol. The second-order valence-corrected chi connectivity index (χ2v) is 6.21. The van der Waals surface area contributed by atoms with Gasteiger partial charge < -0.3 is 0 Å². The summed E-state index contributed by atoms with van der Waals surface area (Å²) in [5.74, 6) is 0. The maximum absolute atomic E-state index is 4.49. The summed E-state index contributed by atoms with van der Waals surface area (Å²) in [6, 6.07) is 18.0. The van der Waals surface area contributed by atoms with Crippen LogP contribution in [0.15, 0.2) is 60.9 Å². The largest absolute Gasteiger partial charge is 0.299 e. The topological polar surface area (TPSA) is 16.1 Å². The van der Waals surface area contributed by atoms with Crippen molar-refractivity contribution in [2.75, 3.05) is 13.6 Å². The SMILES string of the molecule is CN1CCCC1c1cncc(-c2ccc3ccccc3c2)c1. The van der Waals surface area contributed by atoms with Crippen LogP contribution in [0.4, 0.5) is 0 Å². The Morgan fingerprint density at radius 1 is 0.955 bits per heavy atom. The fourth-order valence-corrected chi connectivity index (χ4v) is 3.50. The van der Waals surface area contributed by atoms with Gasteiger partial charge in [-0.15, -0.1) is 0 Å². The smallest absolute Gasteiger partial charge is 0.0361 e. The average Bonchev–Trinajstić information content (AvgIpc) is 3.00. The Kier molecular flexibility index (Phi) is 3.39. The van der Waals surface area contributed by atoms with E-state index >= 15 is 0 Å². The average molecular weight is 288 g/mol. The van der Waals surface area contributed by atoms with Gasteiger partial charge in [-0.3, -0.25) is 9.88 Å². The highest BCUT2D eigenvalue weighted by Crippen LogP contribution is 2.32. The molecule has 22 heavy (non-hydrogen) atoms. The van der Waals surface area contributed by atoms with Crippen LogP contribution in [-0.4, -0.2) is 23.5 Å². The Balaban J connectivity index is 1.74. The molecular formula is C20H20N2. The second kappa shape index (κ2) is 5.54. The number of hydrogen-bond donors (Lipinski definition) is 0. The van der Waals surface area contributed by atoms with Gasteiger partial charge in [-0.1, -0.05) is 36.4 Å². The van der Waals surface area contributed by atoms with E-state index in [1.54, 1.807) is 0 Å². The molecule has 0 radical (unpaired) electrons. The van der Waals surface area contributed by atoms with Crippen molar-refractivity contribution < 1.29 is 0 Å². The third-order valence-corrected chi connectivity index (χ3v) is 4.75. The van der Waals surface area contributed by atoms with Crippen molar-refractivity contribution in [1.82, 2.24) is 9.88 Å². The number of fused-ring (bicyclic) bond motifs is 1. The second-order valence-electron chi connectivity index (χ2n) is 6.21. The van der Waals surface area contributed by atoms with E-state index in [-0.39, 0.29) is 0 Å². The predicted molar refractivity (Wildman–Crippen MR) is 91.8 cm³/mol. The van der Waals surface area contributed by atoms with Crippen molar-refractivity contribution in [3.05, 3.63) is 66.5 Å². The fraction of sp³-hybridized carbons (Fsp3) is 0.250. The van der Waals surface area contributed by atoms with Crippen molar-refractivity contribution in [3.63, 3.8) is 0 Å². The molecule has 2 heterocycles. The van der Waals surface area contributed by atoms with Gasteiger partial charge in [-0.2, -0.15) is 0 Å². The molecule has 1 saturated heterocycles. The summed E-state index contributed by atoms with van der Waals surface area (Å²) in [6.07, 6.45) is 6.51. The summed E-state index contributed by atoms with van der Waals surface area (Å²) in [4.78, 5) is 6.93. The van der Waals surface area contributed by atoms with Crippen LogP contribution in [0, 0.1) is 0 Å². The summed E-state index contributed by atoms with van der Waals surface area (Å²) in [5, 5.41) is 2.56. The van der Waals surface area contributed by atoms with Crippen LogP contribution < -0.4 is 0 Å². The van der Waals surface area contributed by atoms with Crippen LogP contribution in [0.2, 0.25) is 0 Å². The molecule has 0 N–H and O–H groups in total. The minimum absolute atomic E-state index is 0.521. The Hall–Kier alpha value is -2.19. The summed E-state index contributed by atoms with van der Waals surface area (Å²) in [6.45, 7) is 1.19. The highest BCUT2D eigenvalue weighted by Gasteiger charge is 2.22. The lowest BCUT2D eigenvalue weighted by molar-refractivity contribution is 0.317. The minimum Gasteiger partial charge on any atom is -0.299 e. The molecule has 0 aliphatic carbocycles. The number of rotatable bonds is 2. The first-order valence-corrected chi connectivity index (χ1v) is 7.96. The highest BCUT2D eigenvalue weighted by atomic mass is 15.1. The lowest BCUT2D eigenvalue weighted by Crippen LogP contribution is -2.17. The van der Waals surface area contributed by atoms with E-state index in [9.17, 15) is 0 Å². The van der Waals surface area contributed by atoms with E-state index in [4.69, 9.17) is 0 Å². The molecule has 2 heteroatoms. The Morgan fingerprint density at radius 3 is 2.64 bits per heavy atom. The first-order valence-electron chi connectivity index (χ1n) is 7.96. The van der Waals surface area contributed by atoms with Gasteiger partial charge in [-0.25, -0.2) is 0 Å². The quantitative estimate of drug-likeness (QED) is 0.681. The maximum Gasteiger partial charge on any atom is 0.0361 e. The third-order valence-electron chi connectivity index (χ3n) is 4.75. The standard InChI is InChI=1S/C20H20N2/c1-22-10-4-7-20(22)19-12-18(13-21-14-19)17-9-8-15-5-2-3-6-16(15)11-17/h2-3,5-6,8-9,11-14,20H,4,7,10H2,1H3. The number of aromatic nitrogens is 1. The molecule has 1 aliphatic rings. The van der Waals surface area contributed by atoms with Gasteiger partial charge >= 0.3 is 0 Å². The molecule has 1 aliphatic heterocycles. The van der Waals surface area contributed by atoms with Crippen molar-refractivity contribution in [3.8, 4) is 11.1 Å². The van der Waals surface area contributed by atoms with Crippen LogP contribution >= 0.6 is 0 Å². The molecule has 1 atom stereocenters. The fourth-order valence-electron chi connectivity index (χ4n) is 3.50. The van der Waals surface area contributed by atoms with Gasteiger partial charge in [0.2, 0.25) is 0 Å². The zero-order valence-electron chi connectivity index (χ0n) is 12.9. The Morgan fingerprint density at radius 2 is 1.82 bits per heavy atom. The zero-order chi connectivity index (χ0) is 14.9. The lowest BCUT2D eigenvalue weighted by atomic mass is 9.99. The molecule has 2 nitrogen and oxygen atoms in total. The van der Waals surface area contributed by atoms with Gasteiger partial charge in [0.15, 0.2) is 0 Å². The van der Waals surface area contributed by atoms with Gasteiger partial charge in [0.05, 0.1) is 0 Å². The molecule has 1 fully saturated rings. The van der Waals surface area contributed by atoms with E-state index < -0.39 is 0 Å². The Bertz CT molecular complexity index is 809. The van der Waals surface area contributed by atoms with Crippen LogP contribution in [0.25, 0.3) is 21.9 Å². The maximum atomic E-state index is 4.49. The molecule has 1 aromatic heterocycles. The number of hydrogen-bond acceptors (Lipinski definition) is 2. The number of nitrogens with zero attached hydrogens (tertiary/aromatic N) is 2. The molecule has 0 saturated carbocycles. The number of pyridine rings is 1. The molecule has 0 amide bonds. The van der Waals surface area contributed by atoms with Gasteiger partial charge in [0.25, 0.3) is 0 Å². The summed E-state index contributed by atoms with van der Waals surface area (Å²) >= 11 is 0. The zero-order valence-corrected chi connectivity index (χ0v) is 12.9. The van der Waals surface area contributed by atoms with E-state index in [0.717, 1.165) is 0 Å². The monoisotopic (exact) mass is 288 g/mol. The molecule has 0 bridgehead atoms. The molecule has 4 rings (SSSR count).